The maximum absolute atomic E-state index is 13.2. The number of amides is 1. The van der Waals surface area contributed by atoms with Crippen LogP contribution in [0.3, 0.4) is 0 Å². The molecule has 0 aliphatic rings. The molecule has 0 unspecified atom stereocenters. The summed E-state index contributed by atoms with van der Waals surface area (Å²) >= 11 is 2.33. The van der Waals surface area contributed by atoms with Gasteiger partial charge < -0.3 is 5.32 Å². The van der Waals surface area contributed by atoms with Crippen LogP contribution in [0, 0.1) is 10.1 Å². The summed E-state index contributed by atoms with van der Waals surface area (Å²) in [6, 6.07) is 15.9. The molecule has 2 aromatic carbocycles. The third-order valence-electron chi connectivity index (χ3n) is 5.46. The fourth-order valence-electron chi connectivity index (χ4n) is 3.65. The molecule has 0 radical (unpaired) electrons. The minimum Gasteiger partial charge on any atom is -0.301 e. The molecule has 0 aliphatic heterocycles. The molecule has 13 heteroatoms. The van der Waals surface area contributed by atoms with Crippen LogP contribution in [0.15, 0.2) is 82.3 Å². The standard InChI is InChI=1S/C25H19N7O4S2/c33-20(29-24-28-19(14-37-24)17-7-4-8-18(13-17)32(35)36)15-38-25-30-22-21(26-10-11-27-22)23(34)31(25)12-9-16-5-2-1-3-6-16/h1-8,10-11,13-14H,9,12,15H2,(H,28,29,33). The van der Waals surface area contributed by atoms with Gasteiger partial charge in [0.25, 0.3) is 11.2 Å². The molecular weight excluding hydrogens is 526 g/mol. The molecule has 3 aromatic heterocycles. The Morgan fingerprint density at radius 1 is 1.08 bits per heavy atom. The number of hydrogen-bond donors (Lipinski definition) is 1. The summed E-state index contributed by atoms with van der Waals surface area (Å²) < 4.78 is 1.52. The number of hydrogen-bond acceptors (Lipinski definition) is 10. The van der Waals surface area contributed by atoms with E-state index in [4.69, 9.17) is 0 Å². The van der Waals surface area contributed by atoms with E-state index in [-0.39, 0.29) is 34.1 Å². The van der Waals surface area contributed by atoms with Gasteiger partial charge in [0, 0.05) is 42.0 Å². The molecule has 0 saturated heterocycles. The van der Waals surface area contributed by atoms with Crippen molar-refractivity contribution >= 4 is 51.0 Å². The highest BCUT2D eigenvalue weighted by atomic mass is 32.2. The minimum atomic E-state index is -0.471. The number of nitro groups is 1. The predicted octanol–water partition coefficient (Wildman–Crippen LogP) is 4.19. The number of nitrogens with one attached hydrogen (secondary N) is 1. The smallest absolute Gasteiger partial charge is 0.282 e. The second-order valence-electron chi connectivity index (χ2n) is 8.00. The summed E-state index contributed by atoms with van der Waals surface area (Å²) in [5.41, 5.74) is 2.20. The highest BCUT2D eigenvalue weighted by Crippen LogP contribution is 2.27. The Bertz CT molecular complexity index is 1690. The van der Waals surface area contributed by atoms with Crippen molar-refractivity contribution in [3.8, 4) is 11.3 Å². The van der Waals surface area contributed by atoms with Gasteiger partial charge in [-0.2, -0.15) is 0 Å². The number of nitrogens with zero attached hydrogens (tertiary/aromatic N) is 6. The summed E-state index contributed by atoms with van der Waals surface area (Å²) in [5.74, 6) is -0.354. The van der Waals surface area contributed by atoms with Gasteiger partial charge in [0.1, 0.15) is 0 Å². The molecule has 3 heterocycles. The third-order valence-corrected chi connectivity index (χ3v) is 7.20. The third kappa shape index (κ3) is 5.74. The topological polar surface area (TPSA) is 146 Å². The molecule has 5 rings (SSSR count). The van der Waals surface area contributed by atoms with Gasteiger partial charge in [-0.15, -0.1) is 11.3 Å². The Balaban J connectivity index is 1.30. The number of fused-ring (bicyclic) bond motifs is 1. The molecule has 190 valence electrons. The van der Waals surface area contributed by atoms with Crippen LogP contribution in [0.5, 0.6) is 0 Å². The van der Waals surface area contributed by atoms with E-state index in [1.807, 2.05) is 30.3 Å². The number of thioether (sulfide) groups is 1. The van der Waals surface area contributed by atoms with Crippen molar-refractivity contribution in [1.29, 1.82) is 0 Å². The lowest BCUT2D eigenvalue weighted by Crippen LogP contribution is -2.26. The lowest BCUT2D eigenvalue weighted by Gasteiger charge is -2.12. The van der Waals surface area contributed by atoms with Crippen LogP contribution in [-0.4, -0.2) is 41.1 Å². The van der Waals surface area contributed by atoms with Gasteiger partial charge in [-0.3, -0.25) is 24.3 Å². The van der Waals surface area contributed by atoms with Crippen LogP contribution < -0.4 is 10.9 Å². The SMILES string of the molecule is O=C(CSc1nc2nccnc2c(=O)n1CCc1ccccc1)Nc1nc(-c2cccc([N+](=O)[O-])c2)cs1. The number of rotatable bonds is 9. The van der Waals surface area contributed by atoms with Crippen molar-refractivity contribution in [2.75, 3.05) is 11.1 Å². The van der Waals surface area contributed by atoms with Crippen LogP contribution in [0.4, 0.5) is 10.8 Å². The first-order chi connectivity index (χ1) is 18.5. The van der Waals surface area contributed by atoms with Crippen molar-refractivity contribution in [3.63, 3.8) is 0 Å². The van der Waals surface area contributed by atoms with E-state index in [1.165, 1.54) is 40.4 Å². The molecule has 0 saturated carbocycles. The van der Waals surface area contributed by atoms with E-state index in [9.17, 15) is 19.7 Å². The van der Waals surface area contributed by atoms with Gasteiger partial charge in [-0.1, -0.05) is 54.2 Å². The number of benzene rings is 2. The Hall–Kier alpha value is -4.49. The van der Waals surface area contributed by atoms with Crippen molar-refractivity contribution < 1.29 is 9.72 Å². The summed E-state index contributed by atoms with van der Waals surface area (Å²) in [4.78, 5) is 53.6. The summed E-state index contributed by atoms with van der Waals surface area (Å²) in [7, 11) is 0. The summed E-state index contributed by atoms with van der Waals surface area (Å²) in [6.45, 7) is 0.366. The van der Waals surface area contributed by atoms with Crippen LogP contribution in [0.2, 0.25) is 0 Å². The number of nitro benzene ring substituents is 1. The Labute approximate surface area is 223 Å². The molecule has 1 N–H and O–H groups in total. The Morgan fingerprint density at radius 3 is 2.71 bits per heavy atom. The van der Waals surface area contributed by atoms with Crippen molar-refractivity contribution in [3.05, 3.63) is 98.4 Å². The molecule has 0 fully saturated rings. The predicted molar refractivity (Wildman–Crippen MR) is 145 cm³/mol. The van der Waals surface area contributed by atoms with Crippen molar-refractivity contribution in [2.24, 2.45) is 0 Å². The van der Waals surface area contributed by atoms with Crippen molar-refractivity contribution in [1.82, 2.24) is 24.5 Å². The van der Waals surface area contributed by atoms with Crippen LogP contribution in [0.25, 0.3) is 22.4 Å². The quantitative estimate of drug-likeness (QED) is 0.125. The minimum absolute atomic E-state index is 0.0186. The number of non-ortho nitro benzene ring substituents is 1. The fourth-order valence-corrected chi connectivity index (χ4v) is 5.20. The molecular formula is C25H19N7O4S2. The van der Waals surface area contributed by atoms with Gasteiger partial charge >= 0.3 is 0 Å². The summed E-state index contributed by atoms with van der Waals surface area (Å²) in [5, 5.41) is 16.2. The van der Waals surface area contributed by atoms with Gasteiger partial charge in [-0.05, 0) is 12.0 Å². The molecule has 11 nitrogen and oxygen atoms in total. The highest BCUT2D eigenvalue weighted by molar-refractivity contribution is 7.99. The zero-order chi connectivity index (χ0) is 26.5. The zero-order valence-electron chi connectivity index (χ0n) is 19.7. The first-order valence-corrected chi connectivity index (χ1v) is 13.2. The fraction of sp³-hybridized carbons (Fsp3) is 0.120. The number of carbonyl (C=O) groups is 1. The van der Waals surface area contributed by atoms with E-state index in [0.29, 0.717) is 34.5 Å². The lowest BCUT2D eigenvalue weighted by atomic mass is 10.1. The normalized spacial score (nSPS) is 10.9. The molecule has 0 bridgehead atoms. The first-order valence-electron chi connectivity index (χ1n) is 11.4. The van der Waals surface area contributed by atoms with Crippen molar-refractivity contribution in [2.45, 2.75) is 18.1 Å². The van der Waals surface area contributed by atoms with Crippen LogP contribution in [0.1, 0.15) is 5.56 Å². The van der Waals surface area contributed by atoms with Gasteiger partial charge in [0.05, 0.1) is 16.4 Å². The average molecular weight is 546 g/mol. The molecule has 38 heavy (non-hydrogen) atoms. The second-order valence-corrected chi connectivity index (χ2v) is 9.80. The Kier molecular flexibility index (Phi) is 7.47. The zero-order valence-corrected chi connectivity index (χ0v) is 21.3. The second kappa shape index (κ2) is 11.3. The number of carbonyl (C=O) groups excluding carboxylic acids is 1. The molecule has 0 atom stereocenters. The van der Waals surface area contributed by atoms with Crippen LogP contribution in [-0.2, 0) is 17.8 Å². The van der Waals surface area contributed by atoms with E-state index < -0.39 is 4.92 Å². The van der Waals surface area contributed by atoms with Gasteiger partial charge in [0.15, 0.2) is 21.5 Å². The summed E-state index contributed by atoms with van der Waals surface area (Å²) in [6.07, 6.45) is 3.52. The van der Waals surface area contributed by atoms with Crippen LogP contribution >= 0.6 is 23.1 Å². The number of thiazole rings is 1. The van der Waals surface area contributed by atoms with E-state index >= 15 is 0 Å². The van der Waals surface area contributed by atoms with Gasteiger partial charge in [0.2, 0.25) is 5.91 Å². The highest BCUT2D eigenvalue weighted by Gasteiger charge is 2.16. The number of anilines is 1. The van der Waals surface area contributed by atoms with E-state index in [2.05, 4.69) is 25.3 Å². The monoisotopic (exact) mass is 545 g/mol. The largest absolute Gasteiger partial charge is 0.301 e. The first kappa shape index (κ1) is 25.2. The maximum atomic E-state index is 13.2. The Morgan fingerprint density at radius 2 is 1.89 bits per heavy atom. The molecule has 0 spiro atoms. The van der Waals surface area contributed by atoms with E-state index in [1.54, 1.807) is 17.5 Å². The molecule has 1 amide bonds. The average Bonchev–Trinajstić information content (AvgIpc) is 3.40. The maximum Gasteiger partial charge on any atom is 0.282 e. The van der Waals surface area contributed by atoms with E-state index in [0.717, 1.165) is 17.3 Å². The van der Waals surface area contributed by atoms with Gasteiger partial charge in [-0.25, -0.2) is 19.9 Å². The number of aromatic nitrogens is 5. The molecule has 5 aromatic rings. The molecule has 0 aliphatic carbocycles. The lowest BCUT2D eigenvalue weighted by molar-refractivity contribution is -0.384. The number of aryl methyl sites for hydroxylation is 1.